The van der Waals surface area contributed by atoms with Gasteiger partial charge in [-0.3, -0.25) is 9.89 Å². The van der Waals surface area contributed by atoms with Crippen LogP contribution in [0.3, 0.4) is 0 Å². The molecule has 0 fully saturated rings. The van der Waals surface area contributed by atoms with Crippen LogP contribution in [0.2, 0.25) is 5.02 Å². The maximum atomic E-state index is 12.2. The third-order valence-corrected chi connectivity index (χ3v) is 3.77. The molecule has 1 heterocycles. The fraction of sp³-hybridized carbons (Fsp3) is 0. The van der Waals surface area contributed by atoms with Gasteiger partial charge < -0.3 is 5.32 Å². The lowest BCUT2D eigenvalue weighted by Crippen LogP contribution is -2.12. The van der Waals surface area contributed by atoms with E-state index in [2.05, 4.69) is 31.4 Å². The number of nitrogens with one attached hydrogen (secondary N) is 2. The highest BCUT2D eigenvalue weighted by Gasteiger charge is 2.11. The number of rotatable bonds is 2. The maximum absolute atomic E-state index is 12.2. The lowest BCUT2D eigenvalue weighted by Gasteiger charge is -2.07. The number of carbonyl (C=O) groups excluding carboxylic acids is 1. The summed E-state index contributed by atoms with van der Waals surface area (Å²) in [4.78, 5) is 12.2. The Bertz CT molecular complexity index is 800. The van der Waals surface area contributed by atoms with Gasteiger partial charge in [0.05, 0.1) is 17.3 Å². The topological polar surface area (TPSA) is 57.8 Å². The summed E-state index contributed by atoms with van der Waals surface area (Å²) in [5.41, 5.74) is 2.10. The molecule has 20 heavy (non-hydrogen) atoms. The number of anilines is 1. The molecule has 1 aromatic heterocycles. The molecule has 3 aromatic rings. The quantitative estimate of drug-likeness (QED) is 0.726. The molecular formula is C14H9BrClN3O. The number of benzene rings is 2. The number of halogens is 2. The Hall–Kier alpha value is -1.85. The van der Waals surface area contributed by atoms with Crippen molar-refractivity contribution in [3.8, 4) is 0 Å². The van der Waals surface area contributed by atoms with Gasteiger partial charge >= 0.3 is 0 Å². The lowest BCUT2D eigenvalue weighted by atomic mass is 10.2. The van der Waals surface area contributed by atoms with Crippen molar-refractivity contribution < 1.29 is 4.79 Å². The summed E-state index contributed by atoms with van der Waals surface area (Å²) in [6.07, 6.45) is 1.73. The van der Waals surface area contributed by atoms with Gasteiger partial charge in [0.15, 0.2) is 0 Å². The zero-order chi connectivity index (χ0) is 14.1. The Morgan fingerprint density at radius 2 is 2.10 bits per heavy atom. The average Bonchev–Trinajstić information content (AvgIpc) is 2.85. The summed E-state index contributed by atoms with van der Waals surface area (Å²) in [5.74, 6) is -0.201. The molecule has 0 atom stereocenters. The number of aromatic nitrogens is 2. The monoisotopic (exact) mass is 349 g/mol. The summed E-state index contributed by atoms with van der Waals surface area (Å²) < 4.78 is 0.658. The van der Waals surface area contributed by atoms with Crippen LogP contribution in [0.1, 0.15) is 10.4 Å². The van der Waals surface area contributed by atoms with Crippen LogP contribution in [-0.2, 0) is 0 Å². The molecule has 1 amide bonds. The molecule has 2 N–H and O–H groups in total. The maximum Gasteiger partial charge on any atom is 0.256 e. The Kier molecular flexibility index (Phi) is 3.46. The van der Waals surface area contributed by atoms with Gasteiger partial charge in [-0.25, -0.2) is 0 Å². The van der Waals surface area contributed by atoms with Crippen molar-refractivity contribution in [1.82, 2.24) is 10.2 Å². The van der Waals surface area contributed by atoms with Crippen LogP contribution < -0.4 is 5.32 Å². The third kappa shape index (κ3) is 2.55. The first kappa shape index (κ1) is 13.1. The van der Waals surface area contributed by atoms with Crippen LogP contribution in [0.5, 0.6) is 0 Å². The molecule has 0 aliphatic carbocycles. The van der Waals surface area contributed by atoms with Crippen molar-refractivity contribution in [3.05, 3.63) is 57.7 Å². The third-order valence-electron chi connectivity index (χ3n) is 2.88. The first-order valence-electron chi connectivity index (χ1n) is 5.83. The molecule has 4 nitrogen and oxygen atoms in total. The highest BCUT2D eigenvalue weighted by Crippen LogP contribution is 2.23. The summed E-state index contributed by atoms with van der Waals surface area (Å²) in [6, 6.07) is 10.6. The van der Waals surface area contributed by atoms with Gasteiger partial charge in [0, 0.05) is 20.6 Å². The summed E-state index contributed by atoms with van der Waals surface area (Å²) in [5, 5.41) is 11.2. The predicted octanol–water partition coefficient (Wildman–Crippen LogP) is 4.23. The van der Waals surface area contributed by atoms with E-state index in [-0.39, 0.29) is 5.91 Å². The molecule has 6 heteroatoms. The second-order valence-electron chi connectivity index (χ2n) is 4.25. The van der Waals surface area contributed by atoms with Gasteiger partial charge in [-0.15, -0.1) is 0 Å². The second kappa shape index (κ2) is 5.26. The lowest BCUT2D eigenvalue weighted by molar-refractivity contribution is 0.102. The minimum Gasteiger partial charge on any atom is -0.322 e. The number of amides is 1. The van der Waals surface area contributed by atoms with Crippen molar-refractivity contribution in [1.29, 1.82) is 0 Å². The zero-order valence-corrected chi connectivity index (χ0v) is 12.5. The van der Waals surface area contributed by atoms with Gasteiger partial charge in [-0.2, -0.15) is 5.10 Å². The molecule has 0 bridgehead atoms. The Morgan fingerprint density at radius 1 is 1.25 bits per heavy atom. The van der Waals surface area contributed by atoms with E-state index >= 15 is 0 Å². The van der Waals surface area contributed by atoms with Gasteiger partial charge in [0.2, 0.25) is 0 Å². The summed E-state index contributed by atoms with van der Waals surface area (Å²) in [7, 11) is 0. The van der Waals surface area contributed by atoms with Crippen LogP contribution in [0, 0.1) is 0 Å². The van der Waals surface area contributed by atoms with Crippen molar-refractivity contribution in [2.45, 2.75) is 0 Å². The van der Waals surface area contributed by atoms with Gasteiger partial charge in [-0.05, 0) is 52.3 Å². The SMILES string of the molecule is O=C(Nc1ccc2cn[nH]c2c1)c1ccc(Cl)cc1Br. The molecule has 0 saturated carbocycles. The van der Waals surface area contributed by atoms with E-state index in [9.17, 15) is 4.79 Å². The number of nitrogens with zero attached hydrogens (tertiary/aromatic N) is 1. The van der Waals surface area contributed by atoms with Crippen LogP contribution in [-0.4, -0.2) is 16.1 Å². The minimum atomic E-state index is -0.201. The van der Waals surface area contributed by atoms with Crippen molar-refractivity contribution in [2.24, 2.45) is 0 Å². The highest BCUT2D eigenvalue weighted by atomic mass is 79.9. The molecule has 0 aliphatic heterocycles. The first-order chi connectivity index (χ1) is 9.63. The molecule has 0 radical (unpaired) electrons. The molecule has 0 aliphatic rings. The van der Waals surface area contributed by atoms with Crippen molar-refractivity contribution >= 4 is 50.0 Å². The standard InChI is InChI=1S/C14H9BrClN3O/c15-12-5-9(16)2-4-11(12)14(20)18-10-3-1-8-7-17-19-13(8)6-10/h1-7H,(H,17,19)(H,18,20). The normalized spacial score (nSPS) is 10.7. The summed E-state index contributed by atoms with van der Waals surface area (Å²) in [6.45, 7) is 0. The van der Waals surface area contributed by atoms with Crippen molar-refractivity contribution in [2.75, 3.05) is 5.32 Å². The molecule has 0 saturated heterocycles. The minimum absolute atomic E-state index is 0.201. The largest absolute Gasteiger partial charge is 0.322 e. The average molecular weight is 351 g/mol. The number of carbonyl (C=O) groups is 1. The smallest absolute Gasteiger partial charge is 0.256 e. The van der Waals surface area contributed by atoms with Crippen LogP contribution in [0.25, 0.3) is 10.9 Å². The number of aromatic amines is 1. The number of hydrogen-bond donors (Lipinski definition) is 2. The number of H-pyrrole nitrogens is 1. The van der Waals surface area contributed by atoms with E-state index in [1.165, 1.54) is 0 Å². The molecular weight excluding hydrogens is 342 g/mol. The van der Waals surface area contributed by atoms with Gasteiger partial charge in [-0.1, -0.05) is 11.6 Å². The number of fused-ring (bicyclic) bond motifs is 1. The Morgan fingerprint density at radius 3 is 2.90 bits per heavy atom. The van der Waals surface area contributed by atoms with E-state index < -0.39 is 0 Å². The predicted molar refractivity (Wildman–Crippen MR) is 83.2 cm³/mol. The van der Waals surface area contributed by atoms with E-state index in [0.717, 1.165) is 10.9 Å². The van der Waals surface area contributed by atoms with Crippen LogP contribution in [0.4, 0.5) is 5.69 Å². The Balaban J connectivity index is 1.87. The van der Waals surface area contributed by atoms with Gasteiger partial charge in [0.25, 0.3) is 5.91 Å². The van der Waals surface area contributed by atoms with E-state index in [1.807, 2.05) is 18.2 Å². The van der Waals surface area contributed by atoms with E-state index in [0.29, 0.717) is 20.7 Å². The van der Waals surface area contributed by atoms with Gasteiger partial charge in [0.1, 0.15) is 0 Å². The summed E-state index contributed by atoms with van der Waals surface area (Å²) >= 11 is 9.20. The van der Waals surface area contributed by atoms with Crippen molar-refractivity contribution in [3.63, 3.8) is 0 Å². The zero-order valence-electron chi connectivity index (χ0n) is 10.2. The molecule has 0 spiro atoms. The molecule has 3 rings (SSSR count). The highest BCUT2D eigenvalue weighted by molar-refractivity contribution is 9.10. The fourth-order valence-corrected chi connectivity index (χ4v) is 2.75. The molecule has 100 valence electrons. The molecule has 0 unspecified atom stereocenters. The molecule has 2 aromatic carbocycles. The second-order valence-corrected chi connectivity index (χ2v) is 5.54. The van der Waals surface area contributed by atoms with E-state index in [4.69, 9.17) is 11.6 Å². The fourth-order valence-electron chi connectivity index (χ4n) is 1.89. The van der Waals surface area contributed by atoms with Crippen LogP contribution in [0.15, 0.2) is 47.1 Å². The van der Waals surface area contributed by atoms with Crippen LogP contribution >= 0.6 is 27.5 Å². The van der Waals surface area contributed by atoms with E-state index in [1.54, 1.807) is 24.4 Å². The first-order valence-corrected chi connectivity index (χ1v) is 7.00. The Labute approximate surface area is 128 Å². The number of hydrogen-bond acceptors (Lipinski definition) is 2.